The number of nitrogens with one attached hydrogen (secondary N) is 1. The van der Waals surface area contributed by atoms with Crippen molar-refractivity contribution in [3.05, 3.63) is 29.8 Å². The molecule has 1 aliphatic rings. The number of rotatable bonds is 8. The second kappa shape index (κ2) is 8.87. The zero-order valence-corrected chi connectivity index (χ0v) is 15.5. The highest BCUT2D eigenvalue weighted by atomic mass is 32.2. The fourth-order valence-corrected chi connectivity index (χ4v) is 4.77. The van der Waals surface area contributed by atoms with Gasteiger partial charge in [-0.25, -0.2) is 8.42 Å². The highest BCUT2D eigenvalue weighted by Gasteiger charge is 2.25. The van der Waals surface area contributed by atoms with Crippen LogP contribution in [0.15, 0.2) is 29.2 Å². The summed E-state index contributed by atoms with van der Waals surface area (Å²) in [5.74, 6) is -0.0524. The summed E-state index contributed by atoms with van der Waals surface area (Å²) in [7, 11) is -3.82. The average Bonchev–Trinajstić information content (AvgIpc) is 2.59. The number of hydrogen-bond donors (Lipinski definition) is 2. The molecule has 2 rings (SSSR count). The van der Waals surface area contributed by atoms with E-state index in [4.69, 9.17) is 0 Å². The first-order valence-corrected chi connectivity index (χ1v) is 11.2. The molecule has 0 bridgehead atoms. The lowest BCUT2D eigenvalue weighted by Gasteiger charge is -2.22. The van der Waals surface area contributed by atoms with Crippen molar-refractivity contribution in [3.8, 4) is 0 Å². The van der Waals surface area contributed by atoms with Crippen molar-refractivity contribution in [2.45, 2.75) is 55.4 Å². The lowest BCUT2D eigenvalue weighted by molar-refractivity contribution is -0.139. The molecular formula is C17H25NO4S2. The van der Waals surface area contributed by atoms with Gasteiger partial charge in [-0.15, -0.1) is 0 Å². The summed E-state index contributed by atoms with van der Waals surface area (Å²) in [6.07, 6.45) is 8.15. The molecule has 0 amide bonds. The molecule has 1 unspecified atom stereocenters. The maximum atomic E-state index is 12.4. The van der Waals surface area contributed by atoms with Gasteiger partial charge in [0.1, 0.15) is 6.04 Å². The molecule has 0 aromatic heterocycles. The summed E-state index contributed by atoms with van der Waals surface area (Å²) >= 11 is 1.49. The fourth-order valence-electron chi connectivity index (χ4n) is 3.08. The number of carboxylic acids is 1. The number of carboxylic acid groups (broad SMARTS) is 1. The number of sulfonamides is 1. The minimum Gasteiger partial charge on any atom is -0.480 e. The van der Waals surface area contributed by atoms with Crippen molar-refractivity contribution in [2.75, 3.05) is 12.0 Å². The number of carbonyl (C=O) groups is 1. The predicted molar refractivity (Wildman–Crippen MR) is 97.0 cm³/mol. The lowest BCUT2D eigenvalue weighted by atomic mass is 9.84. The van der Waals surface area contributed by atoms with Gasteiger partial charge < -0.3 is 5.11 Å². The normalized spacial score (nSPS) is 17.5. The van der Waals surface area contributed by atoms with Crippen LogP contribution in [0.1, 0.15) is 50.0 Å². The Morgan fingerprint density at radius 2 is 1.88 bits per heavy atom. The van der Waals surface area contributed by atoms with Crippen molar-refractivity contribution in [1.82, 2.24) is 4.72 Å². The van der Waals surface area contributed by atoms with Gasteiger partial charge in [0.15, 0.2) is 0 Å². The van der Waals surface area contributed by atoms with Gasteiger partial charge in [-0.1, -0.05) is 31.4 Å². The molecule has 1 aromatic rings. The summed E-state index contributed by atoms with van der Waals surface area (Å²) < 4.78 is 27.1. The molecule has 2 N–H and O–H groups in total. The highest BCUT2D eigenvalue weighted by Crippen LogP contribution is 2.32. The van der Waals surface area contributed by atoms with Gasteiger partial charge >= 0.3 is 5.97 Å². The molecule has 1 aliphatic carbocycles. The Morgan fingerprint density at radius 1 is 1.25 bits per heavy atom. The number of hydrogen-bond acceptors (Lipinski definition) is 4. The van der Waals surface area contributed by atoms with Gasteiger partial charge in [0.2, 0.25) is 10.0 Å². The Morgan fingerprint density at radius 3 is 2.42 bits per heavy atom. The second-order valence-corrected chi connectivity index (χ2v) is 8.90. The van der Waals surface area contributed by atoms with Crippen molar-refractivity contribution < 1.29 is 18.3 Å². The highest BCUT2D eigenvalue weighted by molar-refractivity contribution is 7.98. The molecule has 0 heterocycles. The molecular weight excluding hydrogens is 346 g/mol. The van der Waals surface area contributed by atoms with E-state index in [-0.39, 0.29) is 11.3 Å². The van der Waals surface area contributed by atoms with Crippen molar-refractivity contribution in [2.24, 2.45) is 0 Å². The van der Waals surface area contributed by atoms with Gasteiger partial charge in [0.05, 0.1) is 4.90 Å². The molecule has 1 atom stereocenters. The van der Waals surface area contributed by atoms with Crippen molar-refractivity contribution in [3.63, 3.8) is 0 Å². The molecule has 134 valence electrons. The van der Waals surface area contributed by atoms with E-state index >= 15 is 0 Å². The van der Waals surface area contributed by atoms with Gasteiger partial charge in [0.25, 0.3) is 0 Å². The van der Waals surface area contributed by atoms with Crippen LogP contribution in [0.4, 0.5) is 0 Å². The Balaban J connectivity index is 2.09. The summed E-state index contributed by atoms with van der Waals surface area (Å²) in [6, 6.07) is 5.80. The van der Waals surface area contributed by atoms with E-state index in [9.17, 15) is 18.3 Å². The third-order valence-electron chi connectivity index (χ3n) is 4.47. The Kier molecular flexibility index (Phi) is 7.13. The molecule has 1 aromatic carbocycles. The molecule has 1 fully saturated rings. The maximum absolute atomic E-state index is 12.4. The third-order valence-corrected chi connectivity index (χ3v) is 6.60. The van der Waals surface area contributed by atoms with E-state index < -0.39 is 22.0 Å². The molecule has 24 heavy (non-hydrogen) atoms. The minimum atomic E-state index is -3.82. The molecule has 7 heteroatoms. The van der Waals surface area contributed by atoms with Crippen LogP contribution in [0.3, 0.4) is 0 Å². The van der Waals surface area contributed by atoms with Crippen LogP contribution < -0.4 is 4.72 Å². The van der Waals surface area contributed by atoms with Crippen LogP contribution in [-0.2, 0) is 14.8 Å². The van der Waals surface area contributed by atoms with Crippen LogP contribution in [0.2, 0.25) is 0 Å². The number of thioether (sulfide) groups is 1. The van der Waals surface area contributed by atoms with Gasteiger partial charge in [-0.2, -0.15) is 16.5 Å². The average molecular weight is 372 g/mol. The van der Waals surface area contributed by atoms with Crippen LogP contribution in [0.25, 0.3) is 0 Å². The van der Waals surface area contributed by atoms with Crippen molar-refractivity contribution >= 4 is 27.8 Å². The monoisotopic (exact) mass is 371 g/mol. The molecule has 0 aliphatic heterocycles. The van der Waals surface area contributed by atoms with E-state index in [0.717, 1.165) is 12.8 Å². The molecule has 0 saturated heterocycles. The van der Waals surface area contributed by atoms with E-state index in [1.165, 1.54) is 36.6 Å². The van der Waals surface area contributed by atoms with E-state index in [2.05, 4.69) is 4.72 Å². The van der Waals surface area contributed by atoms with Crippen LogP contribution in [0.5, 0.6) is 0 Å². The number of aliphatic carboxylic acids is 1. The van der Waals surface area contributed by atoms with E-state index in [1.807, 2.05) is 18.4 Å². The summed E-state index contributed by atoms with van der Waals surface area (Å²) in [4.78, 5) is 11.4. The van der Waals surface area contributed by atoms with Gasteiger partial charge in [-0.05, 0) is 54.9 Å². The van der Waals surface area contributed by atoms with E-state index in [0.29, 0.717) is 11.7 Å². The number of benzene rings is 1. The molecule has 5 nitrogen and oxygen atoms in total. The SMILES string of the molecule is CSCCC(NS(=O)(=O)c1ccc(C2CCCCC2)cc1)C(=O)O. The van der Waals surface area contributed by atoms with Gasteiger partial charge in [0, 0.05) is 0 Å². The second-order valence-electron chi connectivity index (χ2n) is 6.20. The topological polar surface area (TPSA) is 83.5 Å². The zero-order chi connectivity index (χ0) is 17.6. The molecule has 1 saturated carbocycles. The quantitative estimate of drug-likeness (QED) is 0.733. The Bertz CT molecular complexity index is 637. The van der Waals surface area contributed by atoms with Crippen LogP contribution in [-0.4, -0.2) is 37.5 Å². The zero-order valence-electron chi connectivity index (χ0n) is 13.9. The summed E-state index contributed by atoms with van der Waals surface area (Å²) in [5, 5.41) is 9.19. The third kappa shape index (κ3) is 5.22. The van der Waals surface area contributed by atoms with E-state index in [1.54, 1.807) is 12.1 Å². The maximum Gasteiger partial charge on any atom is 0.321 e. The molecule has 0 radical (unpaired) electrons. The largest absolute Gasteiger partial charge is 0.480 e. The summed E-state index contributed by atoms with van der Waals surface area (Å²) in [6.45, 7) is 0. The molecule has 0 spiro atoms. The summed E-state index contributed by atoms with van der Waals surface area (Å²) in [5.41, 5.74) is 1.17. The standard InChI is InChI=1S/C17H25NO4S2/c1-23-12-11-16(17(19)20)18-24(21,22)15-9-7-14(8-10-15)13-5-3-2-4-6-13/h7-10,13,16,18H,2-6,11-12H2,1H3,(H,19,20). The first-order chi connectivity index (χ1) is 11.4. The van der Waals surface area contributed by atoms with Crippen LogP contribution in [0, 0.1) is 0 Å². The Labute approximate surface area is 148 Å². The van der Waals surface area contributed by atoms with Crippen molar-refractivity contribution in [1.29, 1.82) is 0 Å². The smallest absolute Gasteiger partial charge is 0.321 e. The minimum absolute atomic E-state index is 0.123. The fraction of sp³-hybridized carbons (Fsp3) is 0.588. The first-order valence-electron chi connectivity index (χ1n) is 8.28. The predicted octanol–water partition coefficient (Wildman–Crippen LogP) is 3.22. The van der Waals surface area contributed by atoms with Gasteiger partial charge in [-0.3, -0.25) is 4.79 Å². The first kappa shape index (κ1) is 19.3. The van der Waals surface area contributed by atoms with Crippen LogP contribution >= 0.6 is 11.8 Å². The Hall–Kier alpha value is -1.05. The lowest BCUT2D eigenvalue weighted by Crippen LogP contribution is -2.41.